The van der Waals surface area contributed by atoms with Crippen LogP contribution in [0.3, 0.4) is 0 Å². The van der Waals surface area contributed by atoms with Crippen molar-refractivity contribution in [3.8, 4) is 5.75 Å². The predicted octanol–water partition coefficient (Wildman–Crippen LogP) is 4.06. The molecule has 156 valence electrons. The summed E-state index contributed by atoms with van der Waals surface area (Å²) < 4.78 is 15.8. The number of hydrogen-bond acceptors (Lipinski definition) is 6. The third-order valence-electron chi connectivity index (χ3n) is 5.18. The Morgan fingerprint density at radius 2 is 1.60 bits per heavy atom. The highest BCUT2D eigenvalue weighted by Crippen LogP contribution is 2.40. The Bertz CT molecular complexity index is 976. The molecule has 0 saturated heterocycles. The summed E-state index contributed by atoms with van der Waals surface area (Å²) in [6.45, 7) is 3.96. The highest BCUT2D eigenvalue weighted by Gasteiger charge is 2.42. The Kier molecular flexibility index (Phi) is 6.67. The highest BCUT2D eigenvalue weighted by molar-refractivity contribution is 6.06. The van der Waals surface area contributed by atoms with Crippen molar-refractivity contribution in [2.75, 3.05) is 14.2 Å². The molecule has 2 atom stereocenters. The zero-order valence-corrected chi connectivity index (χ0v) is 17.5. The van der Waals surface area contributed by atoms with Crippen LogP contribution in [0.5, 0.6) is 5.75 Å². The van der Waals surface area contributed by atoms with Crippen molar-refractivity contribution in [2.45, 2.75) is 26.4 Å². The van der Waals surface area contributed by atoms with Gasteiger partial charge in [-0.1, -0.05) is 42.5 Å². The van der Waals surface area contributed by atoms with Gasteiger partial charge in [-0.25, -0.2) is 4.79 Å². The molecule has 1 unspecified atom stereocenters. The molecular weight excluding hydrogens is 382 g/mol. The van der Waals surface area contributed by atoms with Crippen LogP contribution in [0.15, 0.2) is 70.9 Å². The number of nitrogens with zero attached hydrogens (tertiary/aromatic N) is 1. The second-order valence-electron chi connectivity index (χ2n) is 7.07. The van der Waals surface area contributed by atoms with Crippen molar-refractivity contribution in [2.24, 2.45) is 10.9 Å². The lowest BCUT2D eigenvalue weighted by atomic mass is 9.75. The average Bonchev–Trinajstić information content (AvgIpc) is 2.77. The van der Waals surface area contributed by atoms with E-state index in [1.54, 1.807) is 13.8 Å². The van der Waals surface area contributed by atoms with Gasteiger partial charge in [-0.2, -0.15) is 0 Å². The van der Waals surface area contributed by atoms with Crippen LogP contribution in [0.25, 0.3) is 0 Å². The van der Waals surface area contributed by atoms with Crippen LogP contribution >= 0.6 is 0 Å². The van der Waals surface area contributed by atoms with Gasteiger partial charge in [0.2, 0.25) is 0 Å². The molecule has 0 aromatic heterocycles. The summed E-state index contributed by atoms with van der Waals surface area (Å²) in [4.78, 5) is 29.5. The van der Waals surface area contributed by atoms with E-state index in [1.165, 1.54) is 14.2 Å². The molecule has 1 aliphatic heterocycles. The number of methoxy groups -OCH3 is 2. The Morgan fingerprint density at radius 3 is 2.20 bits per heavy atom. The van der Waals surface area contributed by atoms with Crippen LogP contribution in [0, 0.1) is 5.92 Å². The van der Waals surface area contributed by atoms with Crippen LogP contribution in [0.4, 0.5) is 0 Å². The number of hydrogen-bond donors (Lipinski definition) is 0. The summed E-state index contributed by atoms with van der Waals surface area (Å²) in [5.41, 5.74) is 3.34. The van der Waals surface area contributed by atoms with Gasteiger partial charge in [0.05, 0.1) is 19.8 Å². The first kappa shape index (κ1) is 21.3. The Morgan fingerprint density at radius 1 is 0.933 bits per heavy atom. The van der Waals surface area contributed by atoms with E-state index in [9.17, 15) is 9.59 Å². The van der Waals surface area contributed by atoms with Gasteiger partial charge in [-0.05, 0) is 37.1 Å². The third-order valence-corrected chi connectivity index (χ3v) is 5.18. The minimum absolute atomic E-state index is 0.358. The molecule has 0 spiro atoms. The molecule has 0 saturated carbocycles. The fourth-order valence-electron chi connectivity index (χ4n) is 3.72. The second kappa shape index (κ2) is 9.39. The van der Waals surface area contributed by atoms with Gasteiger partial charge in [0.25, 0.3) is 0 Å². The molecule has 6 nitrogen and oxygen atoms in total. The Balaban J connectivity index is 1.92. The predicted molar refractivity (Wildman–Crippen MR) is 113 cm³/mol. The number of allylic oxidation sites excluding steroid dienone is 1. The molecule has 1 aliphatic rings. The van der Waals surface area contributed by atoms with Gasteiger partial charge in [0.1, 0.15) is 18.3 Å². The molecule has 0 aliphatic carbocycles. The van der Waals surface area contributed by atoms with E-state index in [0.29, 0.717) is 29.3 Å². The zero-order valence-electron chi connectivity index (χ0n) is 17.5. The maximum Gasteiger partial charge on any atom is 0.336 e. The van der Waals surface area contributed by atoms with Crippen molar-refractivity contribution >= 4 is 17.7 Å². The van der Waals surface area contributed by atoms with E-state index < -0.39 is 23.8 Å². The molecule has 2 aromatic carbocycles. The van der Waals surface area contributed by atoms with Gasteiger partial charge in [-0.3, -0.25) is 9.79 Å². The van der Waals surface area contributed by atoms with Gasteiger partial charge < -0.3 is 14.2 Å². The van der Waals surface area contributed by atoms with E-state index in [-0.39, 0.29) is 0 Å². The van der Waals surface area contributed by atoms with Gasteiger partial charge >= 0.3 is 11.9 Å². The van der Waals surface area contributed by atoms with E-state index in [4.69, 9.17) is 14.2 Å². The van der Waals surface area contributed by atoms with E-state index in [0.717, 1.165) is 11.1 Å². The number of esters is 2. The monoisotopic (exact) mass is 407 g/mol. The lowest BCUT2D eigenvalue weighted by Crippen LogP contribution is -2.36. The number of benzene rings is 2. The lowest BCUT2D eigenvalue weighted by molar-refractivity contribution is -0.143. The lowest BCUT2D eigenvalue weighted by Gasteiger charge is -2.31. The van der Waals surface area contributed by atoms with E-state index >= 15 is 0 Å². The van der Waals surface area contributed by atoms with E-state index in [2.05, 4.69) is 4.99 Å². The minimum Gasteiger partial charge on any atom is -0.489 e. The summed E-state index contributed by atoms with van der Waals surface area (Å²) in [5.74, 6) is -1.51. The summed E-state index contributed by atoms with van der Waals surface area (Å²) in [6, 6.07) is 17.3. The fourth-order valence-corrected chi connectivity index (χ4v) is 3.72. The molecule has 0 radical (unpaired) electrons. The highest BCUT2D eigenvalue weighted by atomic mass is 16.5. The van der Waals surface area contributed by atoms with Crippen molar-refractivity contribution in [3.63, 3.8) is 0 Å². The van der Waals surface area contributed by atoms with Crippen molar-refractivity contribution in [3.05, 3.63) is 77.0 Å². The van der Waals surface area contributed by atoms with Crippen molar-refractivity contribution in [1.29, 1.82) is 0 Å². The number of ether oxygens (including phenoxy) is 3. The summed E-state index contributed by atoms with van der Waals surface area (Å²) in [6.07, 6.45) is 0. The SMILES string of the molecule is COC(=O)C1=C(C)N=C(C)C(C(=O)OC)[C@@H]1c1ccc(OCc2ccccc2)cc1. The number of carbonyl (C=O) groups excluding carboxylic acids is 2. The molecule has 0 N–H and O–H groups in total. The first-order valence-electron chi connectivity index (χ1n) is 9.65. The smallest absolute Gasteiger partial charge is 0.336 e. The second-order valence-corrected chi connectivity index (χ2v) is 7.07. The van der Waals surface area contributed by atoms with E-state index in [1.807, 2.05) is 54.6 Å². The van der Waals surface area contributed by atoms with Gasteiger partial charge in [0, 0.05) is 17.3 Å². The first-order valence-corrected chi connectivity index (χ1v) is 9.65. The fraction of sp³-hybridized carbons (Fsp3) is 0.292. The average molecular weight is 407 g/mol. The minimum atomic E-state index is -0.705. The van der Waals surface area contributed by atoms with Crippen LogP contribution in [0.2, 0.25) is 0 Å². The molecule has 0 bridgehead atoms. The first-order chi connectivity index (χ1) is 14.5. The van der Waals surface area contributed by atoms with Gasteiger partial charge in [0.15, 0.2) is 0 Å². The van der Waals surface area contributed by atoms with Gasteiger partial charge in [-0.15, -0.1) is 0 Å². The van der Waals surface area contributed by atoms with Crippen molar-refractivity contribution < 1.29 is 23.8 Å². The molecule has 30 heavy (non-hydrogen) atoms. The van der Waals surface area contributed by atoms with Crippen LogP contribution in [-0.2, 0) is 25.7 Å². The third kappa shape index (κ3) is 4.43. The van der Waals surface area contributed by atoms with Crippen LogP contribution in [-0.4, -0.2) is 31.9 Å². The summed E-state index contributed by atoms with van der Waals surface area (Å²) >= 11 is 0. The standard InChI is InChI=1S/C24H25NO5/c1-15-20(23(26)28-3)22(21(16(2)25-15)24(27)29-4)18-10-12-19(13-11-18)30-14-17-8-6-5-7-9-17/h5-13,20,22H,14H2,1-4H3/t20?,22-/m0/s1. The maximum absolute atomic E-state index is 12.5. The van der Waals surface area contributed by atoms with Crippen molar-refractivity contribution in [1.82, 2.24) is 0 Å². The normalized spacial score (nSPS) is 18.5. The number of carbonyl (C=O) groups is 2. The Hall–Kier alpha value is -3.41. The molecular formula is C24H25NO5. The molecule has 1 heterocycles. The van der Waals surface area contributed by atoms with Crippen LogP contribution in [0.1, 0.15) is 30.9 Å². The number of rotatable bonds is 6. The zero-order chi connectivity index (χ0) is 21.7. The quantitative estimate of drug-likeness (QED) is 0.675. The summed E-state index contributed by atoms with van der Waals surface area (Å²) in [5, 5.41) is 0. The summed E-state index contributed by atoms with van der Waals surface area (Å²) in [7, 11) is 2.65. The molecule has 6 heteroatoms. The number of aliphatic imine (C=N–C) groups is 1. The Labute approximate surface area is 176 Å². The topological polar surface area (TPSA) is 74.2 Å². The maximum atomic E-state index is 12.5. The molecule has 3 rings (SSSR count). The molecule has 0 fully saturated rings. The van der Waals surface area contributed by atoms with Crippen LogP contribution < -0.4 is 4.74 Å². The molecule has 0 amide bonds. The molecule has 2 aromatic rings. The largest absolute Gasteiger partial charge is 0.489 e.